The molecule has 0 saturated carbocycles. The van der Waals surface area contributed by atoms with Crippen LogP contribution in [0.4, 0.5) is 0 Å². The lowest BCUT2D eigenvalue weighted by atomic mass is 10.3. The first-order valence-corrected chi connectivity index (χ1v) is 4.49. The average molecular weight is 220 g/mol. The van der Waals surface area contributed by atoms with Gasteiger partial charge in [-0.15, -0.1) is 0 Å². The standard InChI is InChI=1S/C7H7BrClN/c8-4-3-7-2-1-6(9)5-10-7/h1-2,5H,3-4H2. The molecule has 0 atom stereocenters. The van der Waals surface area contributed by atoms with Gasteiger partial charge in [0.15, 0.2) is 0 Å². The molecule has 0 aliphatic rings. The average Bonchev–Trinajstić information content (AvgIpc) is 1.95. The Hall–Kier alpha value is -0.0800. The van der Waals surface area contributed by atoms with Gasteiger partial charge in [0.2, 0.25) is 0 Å². The van der Waals surface area contributed by atoms with E-state index in [1.807, 2.05) is 12.1 Å². The van der Waals surface area contributed by atoms with E-state index in [2.05, 4.69) is 20.9 Å². The molecule has 0 saturated heterocycles. The van der Waals surface area contributed by atoms with Crippen molar-refractivity contribution < 1.29 is 0 Å². The Balaban J connectivity index is 2.69. The number of nitrogens with zero attached hydrogens (tertiary/aromatic N) is 1. The molecule has 1 heterocycles. The van der Waals surface area contributed by atoms with Crippen molar-refractivity contribution in [3.05, 3.63) is 29.0 Å². The van der Waals surface area contributed by atoms with Gasteiger partial charge in [-0.3, -0.25) is 4.98 Å². The van der Waals surface area contributed by atoms with Gasteiger partial charge in [0.25, 0.3) is 0 Å². The number of hydrogen-bond acceptors (Lipinski definition) is 1. The van der Waals surface area contributed by atoms with Crippen molar-refractivity contribution in [3.63, 3.8) is 0 Å². The van der Waals surface area contributed by atoms with Crippen molar-refractivity contribution in [2.24, 2.45) is 0 Å². The first kappa shape index (κ1) is 8.02. The van der Waals surface area contributed by atoms with Crippen LogP contribution in [0.3, 0.4) is 0 Å². The Kier molecular flexibility index (Phi) is 3.16. The van der Waals surface area contributed by atoms with Crippen LogP contribution in [-0.2, 0) is 6.42 Å². The first-order chi connectivity index (χ1) is 4.83. The number of aryl methyl sites for hydroxylation is 1. The predicted molar refractivity (Wildman–Crippen MR) is 46.7 cm³/mol. The Bertz CT molecular complexity index is 197. The van der Waals surface area contributed by atoms with Gasteiger partial charge in [0, 0.05) is 17.2 Å². The molecule has 0 aliphatic carbocycles. The third-order valence-electron chi connectivity index (χ3n) is 1.14. The molecular formula is C7H7BrClN. The lowest BCUT2D eigenvalue weighted by Crippen LogP contribution is -1.88. The fourth-order valence-corrected chi connectivity index (χ4v) is 1.17. The monoisotopic (exact) mass is 219 g/mol. The van der Waals surface area contributed by atoms with Gasteiger partial charge in [-0.25, -0.2) is 0 Å². The topological polar surface area (TPSA) is 12.9 Å². The lowest BCUT2D eigenvalue weighted by Gasteiger charge is -1.94. The third kappa shape index (κ3) is 2.27. The summed E-state index contributed by atoms with van der Waals surface area (Å²) in [6, 6.07) is 3.79. The van der Waals surface area contributed by atoms with Crippen LogP contribution < -0.4 is 0 Å². The van der Waals surface area contributed by atoms with Crippen LogP contribution in [0.5, 0.6) is 0 Å². The van der Waals surface area contributed by atoms with Gasteiger partial charge in [-0.05, 0) is 18.6 Å². The number of alkyl halides is 1. The first-order valence-electron chi connectivity index (χ1n) is 2.99. The van der Waals surface area contributed by atoms with Crippen LogP contribution in [0.15, 0.2) is 18.3 Å². The molecule has 0 fully saturated rings. The number of pyridine rings is 1. The zero-order valence-corrected chi connectivity index (χ0v) is 7.69. The summed E-state index contributed by atoms with van der Waals surface area (Å²) >= 11 is 8.97. The Morgan fingerprint density at radius 1 is 1.50 bits per heavy atom. The molecule has 1 aromatic heterocycles. The smallest absolute Gasteiger partial charge is 0.0589 e. The minimum Gasteiger partial charge on any atom is -0.260 e. The van der Waals surface area contributed by atoms with Gasteiger partial charge in [0.1, 0.15) is 0 Å². The molecule has 3 heteroatoms. The highest BCUT2D eigenvalue weighted by atomic mass is 79.9. The van der Waals surface area contributed by atoms with Crippen LogP contribution in [0.1, 0.15) is 5.69 Å². The Labute approximate surface area is 73.6 Å². The molecule has 10 heavy (non-hydrogen) atoms. The van der Waals surface area contributed by atoms with Crippen LogP contribution >= 0.6 is 27.5 Å². The van der Waals surface area contributed by atoms with Crippen molar-refractivity contribution in [3.8, 4) is 0 Å². The maximum atomic E-state index is 5.64. The van der Waals surface area contributed by atoms with E-state index in [4.69, 9.17) is 11.6 Å². The molecule has 0 aromatic carbocycles. The van der Waals surface area contributed by atoms with Crippen molar-refractivity contribution in [1.29, 1.82) is 0 Å². The van der Waals surface area contributed by atoms with Crippen molar-refractivity contribution in [1.82, 2.24) is 4.98 Å². The minimum atomic E-state index is 0.693. The molecule has 1 rings (SSSR count). The molecule has 1 aromatic rings. The summed E-state index contributed by atoms with van der Waals surface area (Å²) in [6.45, 7) is 0. The van der Waals surface area contributed by atoms with Crippen LogP contribution in [0.25, 0.3) is 0 Å². The second-order valence-corrected chi connectivity index (χ2v) is 3.14. The van der Waals surface area contributed by atoms with Crippen LogP contribution in [-0.4, -0.2) is 10.3 Å². The van der Waals surface area contributed by atoms with E-state index in [1.165, 1.54) is 0 Å². The van der Waals surface area contributed by atoms with Crippen LogP contribution in [0, 0.1) is 0 Å². The Morgan fingerprint density at radius 3 is 2.80 bits per heavy atom. The molecule has 0 aliphatic heterocycles. The number of aromatic nitrogens is 1. The van der Waals surface area contributed by atoms with Crippen molar-refractivity contribution in [2.75, 3.05) is 5.33 Å². The van der Waals surface area contributed by atoms with E-state index < -0.39 is 0 Å². The summed E-state index contributed by atoms with van der Waals surface area (Å²) in [5.41, 5.74) is 1.07. The van der Waals surface area contributed by atoms with Gasteiger partial charge in [-0.2, -0.15) is 0 Å². The fourth-order valence-electron chi connectivity index (χ4n) is 0.651. The molecule has 0 unspecified atom stereocenters. The third-order valence-corrected chi connectivity index (χ3v) is 1.76. The number of hydrogen-bond donors (Lipinski definition) is 0. The Morgan fingerprint density at radius 2 is 2.30 bits per heavy atom. The molecule has 1 nitrogen and oxygen atoms in total. The SMILES string of the molecule is Clc1ccc(CCBr)nc1. The van der Waals surface area contributed by atoms with Crippen molar-refractivity contribution in [2.45, 2.75) is 6.42 Å². The zero-order chi connectivity index (χ0) is 7.40. The molecule has 0 bridgehead atoms. The van der Waals surface area contributed by atoms with E-state index in [-0.39, 0.29) is 0 Å². The summed E-state index contributed by atoms with van der Waals surface area (Å²) in [5, 5.41) is 1.64. The second kappa shape index (κ2) is 3.94. The van der Waals surface area contributed by atoms with E-state index in [0.717, 1.165) is 17.4 Å². The summed E-state index contributed by atoms with van der Waals surface area (Å²) in [7, 11) is 0. The summed E-state index contributed by atoms with van der Waals surface area (Å²) in [6.07, 6.45) is 2.62. The molecular weight excluding hydrogens is 213 g/mol. The molecule has 0 N–H and O–H groups in total. The van der Waals surface area contributed by atoms with Crippen LogP contribution in [0.2, 0.25) is 5.02 Å². The van der Waals surface area contributed by atoms with Gasteiger partial charge < -0.3 is 0 Å². The van der Waals surface area contributed by atoms with Gasteiger partial charge in [0.05, 0.1) is 5.02 Å². The maximum absolute atomic E-state index is 5.64. The largest absolute Gasteiger partial charge is 0.260 e. The minimum absolute atomic E-state index is 0.693. The normalized spacial score (nSPS) is 9.80. The van der Waals surface area contributed by atoms with E-state index in [9.17, 15) is 0 Å². The highest BCUT2D eigenvalue weighted by Crippen LogP contribution is 2.06. The summed E-state index contributed by atoms with van der Waals surface area (Å²) in [4.78, 5) is 4.11. The van der Waals surface area contributed by atoms with E-state index in [0.29, 0.717) is 5.02 Å². The summed E-state index contributed by atoms with van der Waals surface area (Å²) < 4.78 is 0. The van der Waals surface area contributed by atoms with E-state index in [1.54, 1.807) is 6.20 Å². The highest BCUT2D eigenvalue weighted by molar-refractivity contribution is 9.09. The van der Waals surface area contributed by atoms with Crippen molar-refractivity contribution >= 4 is 27.5 Å². The summed E-state index contributed by atoms with van der Waals surface area (Å²) in [5.74, 6) is 0. The van der Waals surface area contributed by atoms with Gasteiger partial charge >= 0.3 is 0 Å². The second-order valence-electron chi connectivity index (χ2n) is 1.91. The molecule has 0 radical (unpaired) electrons. The lowest BCUT2D eigenvalue weighted by molar-refractivity contribution is 1.05. The predicted octanol–water partition coefficient (Wildman–Crippen LogP) is 2.67. The maximum Gasteiger partial charge on any atom is 0.0589 e. The molecule has 0 spiro atoms. The zero-order valence-electron chi connectivity index (χ0n) is 5.35. The highest BCUT2D eigenvalue weighted by Gasteiger charge is 1.91. The molecule has 54 valence electrons. The van der Waals surface area contributed by atoms with Gasteiger partial charge in [-0.1, -0.05) is 27.5 Å². The van der Waals surface area contributed by atoms with E-state index >= 15 is 0 Å². The quantitative estimate of drug-likeness (QED) is 0.699. The molecule has 0 amide bonds. The fraction of sp³-hybridized carbons (Fsp3) is 0.286. The number of rotatable bonds is 2. The number of halogens is 2.